The first-order valence-corrected chi connectivity index (χ1v) is 33.9. The molecule has 8 N–H and O–H groups in total. The Bertz CT molecular complexity index is 1210. The third-order valence-corrected chi connectivity index (χ3v) is 16.9. The Balaban J connectivity index is 2.10. The van der Waals surface area contributed by atoms with Crippen LogP contribution in [0.1, 0.15) is 348 Å². The van der Waals surface area contributed by atoms with Crippen LogP contribution in [0.25, 0.3) is 0 Å². The molecule has 1 fully saturated rings. The smallest absolute Gasteiger partial charge is 0.249 e. The first-order chi connectivity index (χ1) is 37.7. The van der Waals surface area contributed by atoms with Crippen molar-refractivity contribution in [2.75, 3.05) is 13.2 Å². The van der Waals surface area contributed by atoms with E-state index in [9.17, 15) is 40.5 Å². The topological polar surface area (TPSA) is 189 Å². The molecule has 9 unspecified atom stereocenters. The fraction of sp³-hybridized carbons (Fsp3) is 0.985. The molecule has 0 aromatic heterocycles. The molecule has 0 aromatic carbocycles. The lowest BCUT2D eigenvalue weighted by Crippen LogP contribution is -2.60. The van der Waals surface area contributed by atoms with Gasteiger partial charge in [0.1, 0.15) is 36.6 Å². The fourth-order valence-electron chi connectivity index (χ4n) is 11.4. The minimum atomic E-state index is -1.66. The molecular formula is C66H131NO10. The van der Waals surface area contributed by atoms with E-state index >= 15 is 0 Å². The second-order valence-electron chi connectivity index (χ2n) is 24.3. The minimum Gasteiger partial charge on any atom is -0.394 e. The zero-order valence-corrected chi connectivity index (χ0v) is 50.7. The molecule has 0 radical (unpaired) electrons. The van der Waals surface area contributed by atoms with Gasteiger partial charge in [0.25, 0.3) is 0 Å². The molecule has 460 valence electrons. The van der Waals surface area contributed by atoms with E-state index in [0.717, 1.165) is 38.5 Å². The van der Waals surface area contributed by atoms with Gasteiger partial charge in [-0.2, -0.15) is 0 Å². The van der Waals surface area contributed by atoms with E-state index in [-0.39, 0.29) is 6.42 Å². The van der Waals surface area contributed by atoms with Crippen LogP contribution in [0.15, 0.2) is 0 Å². The maximum atomic E-state index is 13.2. The number of unbranched alkanes of at least 4 members (excludes halogenated alkanes) is 48. The SMILES string of the molecule is CCCCCCCCCCCCCCCCCCCCCCCCCCCCCCCCCCCCCCC(O)C(=O)NC(COC1OC(CO)C(O)C(O)C1O)C(O)C(O)CCCCCCCCCCCCCCCC. The third kappa shape index (κ3) is 43.5. The van der Waals surface area contributed by atoms with Crippen LogP contribution in [0, 0.1) is 0 Å². The van der Waals surface area contributed by atoms with Crippen molar-refractivity contribution in [1.29, 1.82) is 0 Å². The Hall–Kier alpha value is -0.890. The van der Waals surface area contributed by atoms with E-state index in [0.29, 0.717) is 19.3 Å². The Morgan fingerprint density at radius 1 is 0.403 bits per heavy atom. The predicted octanol–water partition coefficient (Wildman–Crippen LogP) is 15.7. The number of aliphatic hydroxyl groups is 7. The minimum absolute atomic E-state index is 0.267. The van der Waals surface area contributed by atoms with Gasteiger partial charge in [0, 0.05) is 0 Å². The van der Waals surface area contributed by atoms with Crippen molar-refractivity contribution in [2.24, 2.45) is 0 Å². The number of hydrogen-bond acceptors (Lipinski definition) is 10. The molecule has 1 aliphatic heterocycles. The highest BCUT2D eigenvalue weighted by Gasteiger charge is 2.44. The molecule has 0 spiro atoms. The van der Waals surface area contributed by atoms with Gasteiger partial charge < -0.3 is 50.5 Å². The molecule has 0 bridgehead atoms. The fourth-order valence-corrected chi connectivity index (χ4v) is 11.4. The van der Waals surface area contributed by atoms with Crippen molar-refractivity contribution >= 4 is 5.91 Å². The van der Waals surface area contributed by atoms with E-state index in [1.165, 1.54) is 270 Å². The molecular weight excluding hydrogens is 967 g/mol. The maximum Gasteiger partial charge on any atom is 0.249 e. The monoisotopic (exact) mass is 1100 g/mol. The van der Waals surface area contributed by atoms with Crippen LogP contribution in [0.3, 0.4) is 0 Å². The molecule has 1 saturated heterocycles. The van der Waals surface area contributed by atoms with Crippen molar-refractivity contribution in [3.63, 3.8) is 0 Å². The highest BCUT2D eigenvalue weighted by molar-refractivity contribution is 5.80. The second-order valence-corrected chi connectivity index (χ2v) is 24.3. The zero-order valence-electron chi connectivity index (χ0n) is 50.7. The molecule has 77 heavy (non-hydrogen) atoms. The number of aliphatic hydroxyl groups excluding tert-OH is 7. The Morgan fingerprint density at radius 2 is 0.675 bits per heavy atom. The Morgan fingerprint density at radius 3 is 0.961 bits per heavy atom. The van der Waals surface area contributed by atoms with Gasteiger partial charge in [0.2, 0.25) is 5.91 Å². The summed E-state index contributed by atoms with van der Waals surface area (Å²) in [5.41, 5.74) is 0. The van der Waals surface area contributed by atoms with Gasteiger partial charge in [0.05, 0.1) is 25.4 Å². The molecule has 0 aliphatic carbocycles. The van der Waals surface area contributed by atoms with E-state index in [4.69, 9.17) is 9.47 Å². The van der Waals surface area contributed by atoms with E-state index in [2.05, 4.69) is 19.2 Å². The summed E-state index contributed by atoms with van der Waals surface area (Å²) in [7, 11) is 0. The Kier molecular flexibility index (Phi) is 53.6. The molecule has 11 heteroatoms. The van der Waals surface area contributed by atoms with Crippen LogP contribution in [0.2, 0.25) is 0 Å². The standard InChI is InChI=1S/C66H131NO10/c1-3-5-7-9-11-13-15-17-19-20-21-22-23-24-25-26-27-28-29-30-31-32-33-34-35-36-37-38-39-40-42-44-46-48-50-52-54-59(70)65(75)67-57(56-76-66-64(74)63(73)62(72)60(55-68)77-66)61(71)58(69)53-51-49-47-45-43-41-18-16-14-12-10-8-6-4-2/h57-64,66,68-74H,3-56H2,1-2H3,(H,67,75). The third-order valence-electron chi connectivity index (χ3n) is 16.9. The van der Waals surface area contributed by atoms with Gasteiger partial charge in [-0.25, -0.2) is 0 Å². The average molecular weight is 1100 g/mol. The summed E-state index contributed by atoms with van der Waals surface area (Å²) in [6.07, 6.45) is 54.9. The molecule has 1 aliphatic rings. The number of carbonyl (C=O) groups excluding carboxylic acids is 1. The van der Waals surface area contributed by atoms with Gasteiger partial charge in [-0.05, 0) is 12.8 Å². The zero-order chi connectivity index (χ0) is 56.1. The quantitative estimate of drug-likeness (QED) is 0.0272. The van der Waals surface area contributed by atoms with Crippen LogP contribution >= 0.6 is 0 Å². The van der Waals surface area contributed by atoms with Crippen molar-refractivity contribution in [1.82, 2.24) is 5.32 Å². The first-order valence-electron chi connectivity index (χ1n) is 33.9. The number of carbonyl (C=O) groups is 1. The summed E-state index contributed by atoms with van der Waals surface area (Å²) in [5.74, 6) is -0.688. The summed E-state index contributed by atoms with van der Waals surface area (Å²) < 4.78 is 11.2. The normalized spacial score (nSPS) is 19.4. The summed E-state index contributed by atoms with van der Waals surface area (Å²) in [6.45, 7) is 3.50. The largest absolute Gasteiger partial charge is 0.394 e. The van der Waals surface area contributed by atoms with Gasteiger partial charge in [0.15, 0.2) is 6.29 Å². The van der Waals surface area contributed by atoms with Gasteiger partial charge >= 0.3 is 0 Å². The lowest BCUT2D eigenvalue weighted by Gasteiger charge is -2.40. The summed E-state index contributed by atoms with van der Waals surface area (Å²) in [4.78, 5) is 13.2. The molecule has 1 amide bonds. The molecule has 0 saturated carbocycles. The summed E-state index contributed by atoms with van der Waals surface area (Å²) in [6, 6.07) is -1.16. The second kappa shape index (κ2) is 55.6. The van der Waals surface area contributed by atoms with Crippen LogP contribution in [-0.4, -0.2) is 110 Å². The summed E-state index contributed by atoms with van der Waals surface area (Å²) >= 11 is 0. The molecule has 1 heterocycles. The number of ether oxygens (including phenoxy) is 2. The van der Waals surface area contributed by atoms with Crippen molar-refractivity contribution in [3.05, 3.63) is 0 Å². The summed E-state index contributed by atoms with van der Waals surface area (Å²) in [5, 5.41) is 76.2. The highest BCUT2D eigenvalue weighted by Crippen LogP contribution is 2.24. The van der Waals surface area contributed by atoms with E-state index in [1.54, 1.807) is 0 Å². The number of rotatable bonds is 60. The molecule has 9 atom stereocenters. The molecule has 1 rings (SSSR count). The van der Waals surface area contributed by atoms with Crippen LogP contribution in [-0.2, 0) is 14.3 Å². The van der Waals surface area contributed by atoms with Gasteiger partial charge in [-0.3, -0.25) is 4.79 Å². The van der Waals surface area contributed by atoms with Crippen molar-refractivity contribution < 1.29 is 50.0 Å². The van der Waals surface area contributed by atoms with Crippen LogP contribution in [0.5, 0.6) is 0 Å². The van der Waals surface area contributed by atoms with Gasteiger partial charge in [-0.15, -0.1) is 0 Å². The van der Waals surface area contributed by atoms with Crippen LogP contribution in [0.4, 0.5) is 0 Å². The lowest BCUT2D eigenvalue weighted by molar-refractivity contribution is -0.303. The molecule has 0 aromatic rings. The van der Waals surface area contributed by atoms with E-state index in [1.807, 2.05) is 0 Å². The van der Waals surface area contributed by atoms with E-state index < -0.39 is 74.2 Å². The number of amides is 1. The van der Waals surface area contributed by atoms with Gasteiger partial charge in [-0.1, -0.05) is 335 Å². The van der Waals surface area contributed by atoms with Crippen molar-refractivity contribution in [3.8, 4) is 0 Å². The number of nitrogens with one attached hydrogen (secondary N) is 1. The average Bonchev–Trinajstić information content (AvgIpc) is 3.43. The number of hydrogen-bond donors (Lipinski definition) is 8. The Labute approximate surface area is 475 Å². The van der Waals surface area contributed by atoms with Crippen molar-refractivity contribution in [2.45, 2.75) is 403 Å². The lowest BCUT2D eigenvalue weighted by atomic mass is 9.98. The first kappa shape index (κ1) is 74.1. The molecule has 11 nitrogen and oxygen atoms in total. The maximum absolute atomic E-state index is 13.2. The highest BCUT2D eigenvalue weighted by atomic mass is 16.7. The predicted molar refractivity (Wildman–Crippen MR) is 321 cm³/mol. The van der Waals surface area contributed by atoms with Crippen LogP contribution < -0.4 is 5.32 Å².